The molecule has 4 heteroatoms. The van der Waals surface area contributed by atoms with Crippen molar-refractivity contribution in [1.29, 1.82) is 0 Å². The zero-order valence-corrected chi connectivity index (χ0v) is 11.9. The Kier molecular flexibility index (Phi) is 4.82. The summed E-state index contributed by atoms with van der Waals surface area (Å²) in [5.41, 5.74) is 8.60. The van der Waals surface area contributed by atoms with Crippen molar-refractivity contribution >= 4 is 0 Å². The van der Waals surface area contributed by atoms with E-state index in [9.17, 15) is 4.39 Å². The van der Waals surface area contributed by atoms with Crippen molar-refractivity contribution < 1.29 is 4.39 Å². The zero-order valence-electron chi connectivity index (χ0n) is 11.9. The molecule has 1 unspecified atom stereocenters. The molecule has 3 nitrogen and oxygen atoms in total. The summed E-state index contributed by atoms with van der Waals surface area (Å²) in [6.07, 6.45) is 3.54. The van der Waals surface area contributed by atoms with Crippen LogP contribution in [-0.4, -0.2) is 23.5 Å². The molecule has 0 saturated carbocycles. The Balaban J connectivity index is 2.16. The van der Waals surface area contributed by atoms with Crippen LogP contribution in [0.2, 0.25) is 0 Å². The van der Waals surface area contributed by atoms with E-state index < -0.39 is 0 Å². The van der Waals surface area contributed by atoms with Crippen molar-refractivity contribution in [2.75, 3.05) is 13.6 Å². The van der Waals surface area contributed by atoms with Gasteiger partial charge in [-0.2, -0.15) is 0 Å². The molecule has 2 N–H and O–H groups in total. The minimum Gasteiger partial charge on any atom is -0.329 e. The van der Waals surface area contributed by atoms with E-state index >= 15 is 0 Å². The van der Waals surface area contributed by atoms with E-state index in [4.69, 9.17) is 5.73 Å². The highest BCUT2D eigenvalue weighted by molar-refractivity contribution is 5.26. The third-order valence-electron chi connectivity index (χ3n) is 3.52. The molecule has 0 spiro atoms. The molecule has 1 heterocycles. The average molecular weight is 273 g/mol. The molecule has 2 rings (SSSR count). The number of halogens is 1. The van der Waals surface area contributed by atoms with E-state index in [1.54, 1.807) is 31.5 Å². The van der Waals surface area contributed by atoms with Crippen molar-refractivity contribution in [3.05, 3.63) is 65.2 Å². The number of hydrogen-bond donors (Lipinski definition) is 1. The number of benzene rings is 1. The Morgan fingerprint density at radius 2 is 1.95 bits per heavy atom. The van der Waals surface area contributed by atoms with Crippen LogP contribution in [0, 0.1) is 12.7 Å². The first-order chi connectivity index (χ1) is 9.61. The molecule has 1 atom stereocenters. The molecule has 106 valence electrons. The first-order valence-electron chi connectivity index (χ1n) is 6.67. The number of hydrogen-bond acceptors (Lipinski definition) is 3. The molecule has 1 aromatic carbocycles. The summed E-state index contributed by atoms with van der Waals surface area (Å²) < 4.78 is 13.7. The SMILES string of the molecule is Cc1ccc(C(CN)N(C)Cc2ccncc2)cc1F. The van der Waals surface area contributed by atoms with Gasteiger partial charge in [-0.1, -0.05) is 12.1 Å². The molecule has 0 saturated heterocycles. The molecular weight excluding hydrogens is 253 g/mol. The molecule has 1 aromatic heterocycles. The number of likely N-dealkylation sites (N-methyl/N-ethyl adjacent to an activating group) is 1. The van der Waals surface area contributed by atoms with Crippen molar-refractivity contribution in [1.82, 2.24) is 9.88 Å². The topological polar surface area (TPSA) is 42.1 Å². The summed E-state index contributed by atoms with van der Waals surface area (Å²) in [6, 6.07) is 9.26. The van der Waals surface area contributed by atoms with Gasteiger partial charge in [-0.25, -0.2) is 4.39 Å². The third-order valence-corrected chi connectivity index (χ3v) is 3.52. The van der Waals surface area contributed by atoms with Crippen LogP contribution in [0.15, 0.2) is 42.7 Å². The number of aryl methyl sites for hydroxylation is 1. The van der Waals surface area contributed by atoms with Crippen LogP contribution < -0.4 is 5.73 Å². The Hall–Kier alpha value is -1.78. The second-order valence-electron chi connectivity index (χ2n) is 5.03. The van der Waals surface area contributed by atoms with Gasteiger partial charge in [-0.3, -0.25) is 9.88 Å². The third kappa shape index (κ3) is 3.40. The van der Waals surface area contributed by atoms with Crippen LogP contribution in [0.1, 0.15) is 22.7 Å². The summed E-state index contributed by atoms with van der Waals surface area (Å²) in [5, 5.41) is 0. The molecule has 0 aliphatic heterocycles. The fraction of sp³-hybridized carbons (Fsp3) is 0.312. The monoisotopic (exact) mass is 273 g/mol. The highest BCUT2D eigenvalue weighted by Gasteiger charge is 2.16. The maximum Gasteiger partial charge on any atom is 0.126 e. The lowest BCUT2D eigenvalue weighted by Gasteiger charge is -2.27. The predicted molar refractivity (Wildman–Crippen MR) is 78.6 cm³/mol. The molecule has 0 aliphatic carbocycles. The molecule has 0 fully saturated rings. The lowest BCUT2D eigenvalue weighted by Crippen LogP contribution is -2.30. The highest BCUT2D eigenvalue weighted by Crippen LogP contribution is 2.22. The van der Waals surface area contributed by atoms with Crippen LogP contribution in [0.4, 0.5) is 4.39 Å². The fourth-order valence-electron chi connectivity index (χ4n) is 2.27. The molecule has 0 radical (unpaired) electrons. The standard InChI is InChI=1S/C16H20FN3/c1-12-3-4-14(9-15(12)17)16(10-18)20(2)11-13-5-7-19-8-6-13/h3-9,16H,10-11,18H2,1-2H3. The Bertz CT molecular complexity index is 557. The smallest absolute Gasteiger partial charge is 0.126 e. The van der Waals surface area contributed by atoms with Gasteiger partial charge < -0.3 is 5.73 Å². The summed E-state index contributed by atoms with van der Waals surface area (Å²) in [4.78, 5) is 6.13. The lowest BCUT2D eigenvalue weighted by atomic mass is 10.0. The number of nitrogens with two attached hydrogens (primary N) is 1. The first-order valence-corrected chi connectivity index (χ1v) is 6.67. The van der Waals surface area contributed by atoms with E-state index in [1.165, 1.54) is 0 Å². The zero-order chi connectivity index (χ0) is 14.5. The average Bonchev–Trinajstić information content (AvgIpc) is 2.44. The van der Waals surface area contributed by atoms with Gasteiger partial charge in [0.2, 0.25) is 0 Å². The van der Waals surface area contributed by atoms with Gasteiger partial charge in [0.25, 0.3) is 0 Å². The maximum absolute atomic E-state index is 13.7. The summed E-state index contributed by atoms with van der Waals surface area (Å²) in [7, 11) is 2.00. The predicted octanol–water partition coefficient (Wildman–Crippen LogP) is 2.66. The highest BCUT2D eigenvalue weighted by atomic mass is 19.1. The Labute approximate surface area is 119 Å². The minimum atomic E-state index is -0.182. The van der Waals surface area contributed by atoms with E-state index in [-0.39, 0.29) is 11.9 Å². The maximum atomic E-state index is 13.7. The van der Waals surface area contributed by atoms with Crippen LogP contribution in [0.5, 0.6) is 0 Å². The summed E-state index contributed by atoms with van der Waals surface area (Å²) in [5.74, 6) is -0.182. The van der Waals surface area contributed by atoms with Gasteiger partial charge in [-0.05, 0) is 48.9 Å². The molecule has 0 aliphatic rings. The molecule has 2 aromatic rings. The molecule has 20 heavy (non-hydrogen) atoms. The molecule has 0 bridgehead atoms. The van der Waals surface area contributed by atoms with Gasteiger partial charge in [0.05, 0.1) is 0 Å². The van der Waals surface area contributed by atoms with Crippen molar-refractivity contribution in [2.24, 2.45) is 5.73 Å². The molecular formula is C16H20FN3. The second-order valence-corrected chi connectivity index (χ2v) is 5.03. The second kappa shape index (κ2) is 6.59. The number of rotatable bonds is 5. The minimum absolute atomic E-state index is 0.00161. The van der Waals surface area contributed by atoms with Crippen LogP contribution in [0.25, 0.3) is 0 Å². The fourth-order valence-corrected chi connectivity index (χ4v) is 2.27. The Morgan fingerprint density at radius 1 is 1.25 bits per heavy atom. The quantitative estimate of drug-likeness (QED) is 0.910. The van der Waals surface area contributed by atoms with Crippen molar-refractivity contribution in [3.8, 4) is 0 Å². The molecule has 0 amide bonds. The summed E-state index contributed by atoms with van der Waals surface area (Å²) in [6.45, 7) is 2.96. The number of aromatic nitrogens is 1. The van der Waals surface area contributed by atoms with E-state index in [0.29, 0.717) is 12.1 Å². The van der Waals surface area contributed by atoms with Crippen molar-refractivity contribution in [3.63, 3.8) is 0 Å². The van der Waals surface area contributed by atoms with E-state index in [0.717, 1.165) is 17.7 Å². The lowest BCUT2D eigenvalue weighted by molar-refractivity contribution is 0.241. The number of nitrogens with zero attached hydrogens (tertiary/aromatic N) is 2. The van der Waals surface area contributed by atoms with Gasteiger partial charge in [0, 0.05) is 31.5 Å². The van der Waals surface area contributed by atoms with Crippen molar-refractivity contribution in [2.45, 2.75) is 19.5 Å². The largest absolute Gasteiger partial charge is 0.329 e. The van der Waals surface area contributed by atoms with Crippen LogP contribution in [-0.2, 0) is 6.54 Å². The van der Waals surface area contributed by atoms with E-state index in [2.05, 4.69) is 9.88 Å². The Morgan fingerprint density at radius 3 is 2.55 bits per heavy atom. The van der Waals surface area contributed by atoms with Crippen LogP contribution in [0.3, 0.4) is 0 Å². The van der Waals surface area contributed by atoms with Crippen LogP contribution >= 0.6 is 0 Å². The normalized spacial score (nSPS) is 12.7. The summed E-state index contributed by atoms with van der Waals surface area (Å²) >= 11 is 0. The van der Waals surface area contributed by atoms with Gasteiger partial charge in [-0.15, -0.1) is 0 Å². The number of pyridine rings is 1. The first kappa shape index (κ1) is 14.6. The van der Waals surface area contributed by atoms with E-state index in [1.807, 2.05) is 25.2 Å². The van der Waals surface area contributed by atoms with Gasteiger partial charge in [0.15, 0.2) is 0 Å². The van der Waals surface area contributed by atoms with Gasteiger partial charge >= 0.3 is 0 Å². The van der Waals surface area contributed by atoms with Gasteiger partial charge in [0.1, 0.15) is 5.82 Å².